The maximum absolute atomic E-state index is 12.5. The Kier molecular flexibility index (Phi) is 4.33. The van der Waals surface area contributed by atoms with Crippen LogP contribution in [0, 0.1) is 5.92 Å². The van der Waals surface area contributed by atoms with Gasteiger partial charge in [-0.15, -0.1) is 0 Å². The second-order valence-electron chi connectivity index (χ2n) is 3.46. The average molecular weight is 194 g/mol. The molecule has 0 spiro atoms. The Labute approximate surface area is 83.9 Å². The van der Waals surface area contributed by atoms with E-state index in [-0.39, 0.29) is 24.8 Å². The quantitative estimate of drug-likeness (QED) is 0.764. The van der Waals surface area contributed by atoms with Crippen LogP contribution in [-0.2, 0) is 6.42 Å². The standard InChI is InChI=1S/C12H15FO/c1-10(13)7-12(9-14)8-11-5-3-2-4-6-11/h2-6,12,14H,1,7-9H2. The fraction of sp³-hybridized carbons (Fsp3) is 0.333. The van der Waals surface area contributed by atoms with Gasteiger partial charge in [-0.3, -0.25) is 0 Å². The van der Waals surface area contributed by atoms with Crippen LogP contribution in [0.15, 0.2) is 42.7 Å². The van der Waals surface area contributed by atoms with E-state index in [0.717, 1.165) is 5.56 Å². The molecule has 0 aliphatic carbocycles. The van der Waals surface area contributed by atoms with Gasteiger partial charge < -0.3 is 5.11 Å². The van der Waals surface area contributed by atoms with E-state index in [1.165, 1.54) is 0 Å². The molecular formula is C12H15FO. The molecule has 0 aliphatic rings. The zero-order valence-corrected chi connectivity index (χ0v) is 8.12. The predicted molar refractivity (Wildman–Crippen MR) is 55.6 cm³/mol. The van der Waals surface area contributed by atoms with Crippen LogP contribution in [0.3, 0.4) is 0 Å². The number of rotatable bonds is 5. The topological polar surface area (TPSA) is 20.2 Å². The van der Waals surface area contributed by atoms with Gasteiger partial charge in [-0.05, 0) is 17.9 Å². The molecule has 2 heteroatoms. The van der Waals surface area contributed by atoms with Crippen molar-refractivity contribution in [1.82, 2.24) is 0 Å². The Bertz CT molecular complexity index is 282. The van der Waals surface area contributed by atoms with Crippen molar-refractivity contribution in [3.8, 4) is 0 Å². The van der Waals surface area contributed by atoms with Gasteiger partial charge in [0, 0.05) is 13.0 Å². The monoisotopic (exact) mass is 194 g/mol. The van der Waals surface area contributed by atoms with E-state index in [4.69, 9.17) is 5.11 Å². The molecule has 1 nitrogen and oxygen atoms in total. The molecule has 1 aromatic rings. The highest BCUT2D eigenvalue weighted by molar-refractivity contribution is 5.15. The number of benzene rings is 1. The van der Waals surface area contributed by atoms with Crippen LogP contribution in [0.2, 0.25) is 0 Å². The molecule has 0 fully saturated rings. The fourth-order valence-corrected chi connectivity index (χ4v) is 1.46. The van der Waals surface area contributed by atoms with Gasteiger partial charge in [-0.2, -0.15) is 0 Å². The minimum Gasteiger partial charge on any atom is -0.396 e. The van der Waals surface area contributed by atoms with E-state index < -0.39 is 0 Å². The summed E-state index contributed by atoms with van der Waals surface area (Å²) in [6.07, 6.45) is 0.936. The zero-order valence-electron chi connectivity index (χ0n) is 8.12. The van der Waals surface area contributed by atoms with Crippen LogP contribution in [0.1, 0.15) is 12.0 Å². The lowest BCUT2D eigenvalue weighted by atomic mass is 9.97. The lowest BCUT2D eigenvalue weighted by Crippen LogP contribution is -2.09. The van der Waals surface area contributed by atoms with Crippen LogP contribution in [0.25, 0.3) is 0 Å². The van der Waals surface area contributed by atoms with E-state index >= 15 is 0 Å². The Hall–Kier alpha value is -1.15. The lowest BCUT2D eigenvalue weighted by molar-refractivity contribution is 0.219. The molecule has 0 heterocycles. The molecule has 1 rings (SSSR count). The number of aliphatic hydroxyl groups is 1. The third-order valence-corrected chi connectivity index (χ3v) is 2.14. The van der Waals surface area contributed by atoms with E-state index in [1.807, 2.05) is 30.3 Å². The third kappa shape index (κ3) is 3.71. The molecule has 1 atom stereocenters. The van der Waals surface area contributed by atoms with Crippen molar-refractivity contribution in [3.05, 3.63) is 48.3 Å². The first-order valence-electron chi connectivity index (χ1n) is 4.70. The molecule has 0 amide bonds. The summed E-state index contributed by atoms with van der Waals surface area (Å²) >= 11 is 0. The highest BCUT2D eigenvalue weighted by Gasteiger charge is 2.09. The largest absolute Gasteiger partial charge is 0.396 e. The molecule has 0 aromatic heterocycles. The van der Waals surface area contributed by atoms with Crippen molar-refractivity contribution in [3.63, 3.8) is 0 Å². The Morgan fingerprint density at radius 1 is 1.36 bits per heavy atom. The van der Waals surface area contributed by atoms with Crippen LogP contribution < -0.4 is 0 Å². The van der Waals surface area contributed by atoms with Crippen molar-refractivity contribution in [2.45, 2.75) is 12.8 Å². The molecule has 1 unspecified atom stereocenters. The van der Waals surface area contributed by atoms with Gasteiger partial charge in [0.2, 0.25) is 0 Å². The van der Waals surface area contributed by atoms with Crippen molar-refractivity contribution < 1.29 is 9.50 Å². The summed E-state index contributed by atoms with van der Waals surface area (Å²) in [5.74, 6) is -0.421. The van der Waals surface area contributed by atoms with Crippen LogP contribution >= 0.6 is 0 Å². The summed E-state index contributed by atoms with van der Waals surface area (Å²) in [4.78, 5) is 0. The highest BCUT2D eigenvalue weighted by atomic mass is 19.1. The predicted octanol–water partition coefficient (Wildman–Crippen LogP) is 2.71. The van der Waals surface area contributed by atoms with Crippen molar-refractivity contribution >= 4 is 0 Å². The van der Waals surface area contributed by atoms with Crippen molar-refractivity contribution in [2.75, 3.05) is 6.61 Å². The average Bonchev–Trinajstić information content (AvgIpc) is 2.17. The third-order valence-electron chi connectivity index (χ3n) is 2.14. The zero-order chi connectivity index (χ0) is 10.4. The summed E-state index contributed by atoms with van der Waals surface area (Å²) in [6.45, 7) is 3.20. The second-order valence-corrected chi connectivity index (χ2v) is 3.46. The van der Waals surface area contributed by atoms with Gasteiger partial charge in [0.25, 0.3) is 0 Å². The van der Waals surface area contributed by atoms with E-state index in [0.29, 0.717) is 6.42 Å². The normalized spacial score (nSPS) is 12.4. The molecule has 76 valence electrons. The van der Waals surface area contributed by atoms with Crippen molar-refractivity contribution in [2.24, 2.45) is 5.92 Å². The van der Waals surface area contributed by atoms with Gasteiger partial charge in [0.1, 0.15) is 0 Å². The number of hydrogen-bond donors (Lipinski definition) is 1. The molecular weight excluding hydrogens is 179 g/mol. The van der Waals surface area contributed by atoms with Crippen LogP contribution in [0.4, 0.5) is 4.39 Å². The molecule has 1 N–H and O–H groups in total. The molecule has 0 aliphatic heterocycles. The lowest BCUT2D eigenvalue weighted by Gasteiger charge is -2.12. The summed E-state index contributed by atoms with van der Waals surface area (Å²) in [5.41, 5.74) is 1.12. The maximum Gasteiger partial charge on any atom is 0.0931 e. The fourth-order valence-electron chi connectivity index (χ4n) is 1.46. The SMILES string of the molecule is C=C(F)CC(CO)Cc1ccccc1. The van der Waals surface area contributed by atoms with Gasteiger partial charge >= 0.3 is 0 Å². The Morgan fingerprint density at radius 2 is 2.00 bits per heavy atom. The van der Waals surface area contributed by atoms with E-state index in [9.17, 15) is 4.39 Å². The van der Waals surface area contributed by atoms with Crippen LogP contribution in [-0.4, -0.2) is 11.7 Å². The minimum absolute atomic E-state index is 0.00215. The van der Waals surface area contributed by atoms with Gasteiger partial charge in [-0.1, -0.05) is 36.9 Å². The highest BCUT2D eigenvalue weighted by Crippen LogP contribution is 2.16. The smallest absolute Gasteiger partial charge is 0.0931 e. The summed E-state index contributed by atoms with van der Waals surface area (Å²) in [6, 6.07) is 9.76. The molecule has 1 aromatic carbocycles. The second kappa shape index (κ2) is 5.55. The first-order chi connectivity index (χ1) is 6.72. The van der Waals surface area contributed by atoms with Gasteiger partial charge in [-0.25, -0.2) is 4.39 Å². The number of halogens is 1. The number of allylic oxidation sites excluding steroid dienone is 1. The first kappa shape index (κ1) is 10.9. The van der Waals surface area contributed by atoms with E-state index in [2.05, 4.69) is 6.58 Å². The van der Waals surface area contributed by atoms with Crippen molar-refractivity contribution in [1.29, 1.82) is 0 Å². The first-order valence-corrected chi connectivity index (χ1v) is 4.70. The van der Waals surface area contributed by atoms with E-state index in [1.54, 1.807) is 0 Å². The number of hydrogen-bond acceptors (Lipinski definition) is 1. The Morgan fingerprint density at radius 3 is 2.50 bits per heavy atom. The minimum atomic E-state index is -0.361. The molecule has 0 saturated carbocycles. The Balaban J connectivity index is 2.53. The van der Waals surface area contributed by atoms with Gasteiger partial charge in [0.15, 0.2) is 0 Å². The summed E-state index contributed by atoms with van der Waals surface area (Å²) in [7, 11) is 0. The number of aliphatic hydroxyl groups excluding tert-OH is 1. The maximum atomic E-state index is 12.5. The summed E-state index contributed by atoms with van der Waals surface area (Å²) < 4.78 is 12.5. The molecule has 14 heavy (non-hydrogen) atoms. The van der Waals surface area contributed by atoms with Gasteiger partial charge in [0.05, 0.1) is 5.83 Å². The molecule has 0 radical (unpaired) electrons. The molecule has 0 saturated heterocycles. The van der Waals surface area contributed by atoms with Crippen LogP contribution in [0.5, 0.6) is 0 Å². The summed E-state index contributed by atoms with van der Waals surface area (Å²) in [5, 5.41) is 9.03. The molecule has 0 bridgehead atoms.